The zero-order valence-electron chi connectivity index (χ0n) is 11.4. The van der Waals surface area contributed by atoms with Crippen LogP contribution < -0.4 is 5.32 Å². The van der Waals surface area contributed by atoms with E-state index in [0.29, 0.717) is 19.5 Å². The molecule has 1 atom stereocenters. The summed E-state index contributed by atoms with van der Waals surface area (Å²) in [6, 6.07) is 2.93. The number of amides is 2. The van der Waals surface area contributed by atoms with E-state index in [9.17, 15) is 18.4 Å². The number of nitrogens with zero attached hydrogens (tertiary/aromatic N) is 1. The fourth-order valence-electron chi connectivity index (χ4n) is 2.57. The van der Waals surface area contributed by atoms with Crippen LogP contribution in [0.2, 0.25) is 0 Å². The first-order chi connectivity index (χ1) is 10.0. The molecule has 1 aliphatic carbocycles. The molecule has 2 fully saturated rings. The maximum Gasteiger partial charge on any atom is 0.251 e. The molecule has 2 amide bonds. The summed E-state index contributed by atoms with van der Waals surface area (Å²) in [5, 5.41) is 2.76. The van der Waals surface area contributed by atoms with Gasteiger partial charge < -0.3 is 10.2 Å². The van der Waals surface area contributed by atoms with Crippen molar-refractivity contribution in [2.45, 2.75) is 25.3 Å². The van der Waals surface area contributed by atoms with Crippen molar-refractivity contribution >= 4 is 11.8 Å². The Morgan fingerprint density at radius 2 is 1.90 bits per heavy atom. The summed E-state index contributed by atoms with van der Waals surface area (Å²) in [5.74, 6) is -2.13. The summed E-state index contributed by atoms with van der Waals surface area (Å²) in [4.78, 5) is 25.7. The van der Waals surface area contributed by atoms with Crippen LogP contribution in [0.25, 0.3) is 0 Å². The average Bonchev–Trinajstić information content (AvgIpc) is 3.21. The van der Waals surface area contributed by atoms with E-state index in [-0.39, 0.29) is 23.4 Å². The van der Waals surface area contributed by atoms with Gasteiger partial charge in [0.2, 0.25) is 5.91 Å². The molecule has 0 spiro atoms. The van der Waals surface area contributed by atoms with Gasteiger partial charge in [0.15, 0.2) is 11.6 Å². The molecular formula is C15H16F2N2O2. The van der Waals surface area contributed by atoms with Gasteiger partial charge in [-0.2, -0.15) is 0 Å². The van der Waals surface area contributed by atoms with Crippen LogP contribution in [0, 0.1) is 17.6 Å². The van der Waals surface area contributed by atoms with Crippen LogP contribution in [0.15, 0.2) is 18.2 Å². The molecular weight excluding hydrogens is 278 g/mol. The minimum atomic E-state index is -1.04. The number of likely N-dealkylation sites (tertiary alicyclic amines) is 1. The summed E-state index contributed by atoms with van der Waals surface area (Å²) in [6.07, 6.45) is 2.61. The van der Waals surface area contributed by atoms with Crippen LogP contribution in [0.5, 0.6) is 0 Å². The summed E-state index contributed by atoms with van der Waals surface area (Å²) in [5.41, 5.74) is 0.0841. The molecule has 2 aliphatic rings. The molecule has 3 rings (SSSR count). The molecule has 1 aliphatic heterocycles. The lowest BCUT2D eigenvalue weighted by Crippen LogP contribution is -2.38. The normalized spacial score (nSPS) is 21.4. The van der Waals surface area contributed by atoms with Crippen molar-refractivity contribution in [3.8, 4) is 0 Å². The number of nitrogens with one attached hydrogen (secondary N) is 1. The van der Waals surface area contributed by atoms with Crippen LogP contribution in [0.3, 0.4) is 0 Å². The van der Waals surface area contributed by atoms with E-state index in [1.807, 2.05) is 0 Å². The Hall–Kier alpha value is -1.98. The Bertz CT molecular complexity index is 587. The molecule has 1 heterocycles. The lowest BCUT2D eigenvalue weighted by molar-refractivity contribution is -0.131. The highest BCUT2D eigenvalue weighted by Crippen LogP contribution is 2.32. The molecule has 1 unspecified atom stereocenters. The molecule has 1 aromatic carbocycles. The molecule has 1 aromatic rings. The Balaban J connectivity index is 1.58. The number of carbonyl (C=O) groups is 2. The van der Waals surface area contributed by atoms with Crippen molar-refractivity contribution < 1.29 is 18.4 Å². The predicted molar refractivity (Wildman–Crippen MR) is 71.5 cm³/mol. The minimum absolute atomic E-state index is 0.0841. The smallest absolute Gasteiger partial charge is 0.251 e. The highest BCUT2D eigenvalue weighted by molar-refractivity contribution is 5.94. The summed E-state index contributed by atoms with van der Waals surface area (Å²) >= 11 is 0. The van der Waals surface area contributed by atoms with Gasteiger partial charge in [-0.3, -0.25) is 9.59 Å². The van der Waals surface area contributed by atoms with Gasteiger partial charge in [0.05, 0.1) is 0 Å². The van der Waals surface area contributed by atoms with E-state index >= 15 is 0 Å². The van der Waals surface area contributed by atoms with Crippen molar-refractivity contribution in [1.82, 2.24) is 10.2 Å². The summed E-state index contributed by atoms with van der Waals surface area (Å²) < 4.78 is 25.9. The third-order valence-corrected chi connectivity index (χ3v) is 3.94. The fraction of sp³-hybridized carbons (Fsp3) is 0.467. The van der Waals surface area contributed by atoms with Gasteiger partial charge in [-0.15, -0.1) is 0 Å². The quantitative estimate of drug-likeness (QED) is 0.922. The van der Waals surface area contributed by atoms with Gasteiger partial charge in [-0.25, -0.2) is 8.78 Å². The van der Waals surface area contributed by atoms with Gasteiger partial charge in [-0.05, 0) is 37.5 Å². The number of halogens is 2. The first-order valence-electron chi connectivity index (χ1n) is 7.09. The Morgan fingerprint density at radius 1 is 1.14 bits per heavy atom. The third-order valence-electron chi connectivity index (χ3n) is 3.94. The second-order valence-corrected chi connectivity index (χ2v) is 5.65. The van der Waals surface area contributed by atoms with Crippen molar-refractivity contribution in [2.24, 2.45) is 5.92 Å². The molecule has 21 heavy (non-hydrogen) atoms. The topological polar surface area (TPSA) is 49.4 Å². The molecule has 0 bridgehead atoms. The van der Waals surface area contributed by atoms with E-state index in [0.717, 1.165) is 25.0 Å². The van der Waals surface area contributed by atoms with Crippen LogP contribution >= 0.6 is 0 Å². The number of carbonyl (C=O) groups excluding carboxylic acids is 2. The van der Waals surface area contributed by atoms with Gasteiger partial charge in [0.25, 0.3) is 5.91 Å². The van der Waals surface area contributed by atoms with Crippen LogP contribution in [0.4, 0.5) is 8.78 Å². The molecule has 0 aromatic heterocycles. The molecule has 1 N–H and O–H groups in total. The second-order valence-electron chi connectivity index (χ2n) is 5.65. The van der Waals surface area contributed by atoms with Crippen LogP contribution in [-0.4, -0.2) is 35.8 Å². The van der Waals surface area contributed by atoms with Crippen LogP contribution in [-0.2, 0) is 4.79 Å². The predicted octanol–water partition coefficient (Wildman–Crippen LogP) is 1.71. The number of hydrogen-bond acceptors (Lipinski definition) is 2. The third kappa shape index (κ3) is 3.04. The molecule has 112 valence electrons. The van der Waals surface area contributed by atoms with E-state index < -0.39 is 17.5 Å². The van der Waals surface area contributed by atoms with E-state index in [2.05, 4.69) is 5.32 Å². The first-order valence-corrected chi connectivity index (χ1v) is 7.09. The zero-order valence-corrected chi connectivity index (χ0v) is 11.4. The first kappa shape index (κ1) is 14.0. The van der Waals surface area contributed by atoms with Gasteiger partial charge in [0, 0.05) is 30.6 Å². The van der Waals surface area contributed by atoms with E-state index in [1.54, 1.807) is 4.90 Å². The molecule has 1 saturated carbocycles. The zero-order chi connectivity index (χ0) is 15.0. The molecule has 4 nitrogen and oxygen atoms in total. The van der Waals surface area contributed by atoms with E-state index in [1.165, 1.54) is 6.07 Å². The minimum Gasteiger partial charge on any atom is -0.347 e. The van der Waals surface area contributed by atoms with Crippen molar-refractivity contribution in [1.29, 1.82) is 0 Å². The number of rotatable bonds is 3. The molecule has 1 saturated heterocycles. The monoisotopic (exact) mass is 294 g/mol. The standard InChI is InChI=1S/C15H16F2N2O2/c16-12-4-3-10(7-13(12)17)14(20)18-11-5-6-19(8-11)15(21)9-1-2-9/h3-4,7,9,11H,1-2,5-6,8H2,(H,18,20). The van der Waals surface area contributed by atoms with Gasteiger partial charge in [0.1, 0.15) is 0 Å². The highest BCUT2D eigenvalue weighted by Gasteiger charge is 2.36. The van der Waals surface area contributed by atoms with Gasteiger partial charge >= 0.3 is 0 Å². The fourth-order valence-corrected chi connectivity index (χ4v) is 2.57. The van der Waals surface area contributed by atoms with Crippen molar-refractivity contribution in [3.05, 3.63) is 35.4 Å². The van der Waals surface area contributed by atoms with Crippen LogP contribution in [0.1, 0.15) is 29.6 Å². The maximum atomic E-state index is 13.1. The number of hydrogen-bond donors (Lipinski definition) is 1. The average molecular weight is 294 g/mol. The Kier molecular flexibility index (Phi) is 3.61. The van der Waals surface area contributed by atoms with Crippen molar-refractivity contribution in [3.63, 3.8) is 0 Å². The maximum absolute atomic E-state index is 13.1. The number of benzene rings is 1. The Labute approximate surface area is 121 Å². The van der Waals surface area contributed by atoms with Gasteiger partial charge in [-0.1, -0.05) is 0 Å². The largest absolute Gasteiger partial charge is 0.347 e. The SMILES string of the molecule is O=C(NC1CCN(C(=O)C2CC2)C1)c1ccc(F)c(F)c1. The highest BCUT2D eigenvalue weighted by atomic mass is 19.2. The summed E-state index contributed by atoms with van der Waals surface area (Å²) in [6.45, 7) is 1.13. The lowest BCUT2D eigenvalue weighted by Gasteiger charge is -2.17. The second kappa shape index (κ2) is 5.42. The summed E-state index contributed by atoms with van der Waals surface area (Å²) in [7, 11) is 0. The molecule has 6 heteroatoms. The molecule has 0 radical (unpaired) electrons. The van der Waals surface area contributed by atoms with Crippen molar-refractivity contribution in [2.75, 3.05) is 13.1 Å². The lowest BCUT2D eigenvalue weighted by atomic mass is 10.1. The van der Waals surface area contributed by atoms with E-state index in [4.69, 9.17) is 0 Å². The Morgan fingerprint density at radius 3 is 2.57 bits per heavy atom.